The smallest absolute Gasteiger partial charge is 0.247 e. The van der Waals surface area contributed by atoms with Gasteiger partial charge in [-0.25, -0.2) is 9.97 Å². The van der Waals surface area contributed by atoms with E-state index in [4.69, 9.17) is 11.6 Å². The quantitative estimate of drug-likeness (QED) is 0.334. The second-order valence-corrected chi connectivity index (χ2v) is 9.02. The van der Waals surface area contributed by atoms with Gasteiger partial charge in [0.25, 0.3) is 0 Å². The average molecular weight is 489 g/mol. The Morgan fingerprint density at radius 3 is 2.71 bits per heavy atom. The number of amides is 1. The van der Waals surface area contributed by atoms with E-state index in [-0.39, 0.29) is 5.91 Å². The van der Waals surface area contributed by atoms with E-state index in [1.807, 2.05) is 53.1 Å². The number of hydrogen-bond donors (Lipinski definition) is 2. The average Bonchev–Trinajstić information content (AvgIpc) is 3.47. The maximum absolute atomic E-state index is 11.4. The highest BCUT2D eigenvalue weighted by atomic mass is 35.5. The zero-order valence-electron chi connectivity index (χ0n) is 19.3. The van der Waals surface area contributed by atoms with E-state index in [0.29, 0.717) is 28.9 Å². The van der Waals surface area contributed by atoms with Crippen molar-refractivity contribution in [2.24, 2.45) is 13.0 Å². The first-order valence-corrected chi connectivity index (χ1v) is 11.7. The van der Waals surface area contributed by atoms with Gasteiger partial charge in [0.1, 0.15) is 0 Å². The van der Waals surface area contributed by atoms with E-state index in [0.717, 1.165) is 34.8 Å². The molecule has 0 atom stereocenters. The van der Waals surface area contributed by atoms with Crippen LogP contribution >= 0.6 is 11.6 Å². The summed E-state index contributed by atoms with van der Waals surface area (Å²) in [5.74, 6) is 0.915. The Hall–Kier alpha value is -3.98. The highest BCUT2D eigenvalue weighted by Crippen LogP contribution is 2.37. The van der Waals surface area contributed by atoms with Crippen LogP contribution in [0.5, 0.6) is 0 Å². The van der Waals surface area contributed by atoms with Crippen LogP contribution in [0.4, 0.5) is 17.3 Å². The van der Waals surface area contributed by atoms with Gasteiger partial charge in [-0.05, 0) is 49.0 Å². The lowest BCUT2D eigenvalue weighted by Crippen LogP contribution is -2.07. The predicted molar refractivity (Wildman–Crippen MR) is 136 cm³/mol. The molecule has 1 aliphatic carbocycles. The van der Waals surface area contributed by atoms with Crippen LogP contribution in [0.3, 0.4) is 0 Å². The monoisotopic (exact) mass is 488 g/mol. The van der Waals surface area contributed by atoms with Gasteiger partial charge >= 0.3 is 0 Å². The zero-order valence-corrected chi connectivity index (χ0v) is 20.0. The number of anilines is 3. The van der Waals surface area contributed by atoms with Crippen LogP contribution in [-0.4, -0.2) is 35.4 Å². The van der Waals surface area contributed by atoms with Crippen LogP contribution in [-0.2, 0) is 24.8 Å². The number of carbonyl (C=O) groups excluding carboxylic acids is 1. The molecule has 4 aromatic rings. The van der Waals surface area contributed by atoms with Crippen molar-refractivity contribution in [3.05, 3.63) is 78.0 Å². The Bertz CT molecular complexity index is 1370. The van der Waals surface area contributed by atoms with Crippen molar-refractivity contribution in [1.82, 2.24) is 29.5 Å². The summed E-state index contributed by atoms with van der Waals surface area (Å²) in [6.07, 6.45) is 11.8. The molecule has 3 heterocycles. The maximum Gasteiger partial charge on any atom is 0.247 e. The zero-order chi connectivity index (χ0) is 24.4. The fourth-order valence-corrected chi connectivity index (χ4v) is 4.02. The molecule has 0 bridgehead atoms. The second kappa shape index (κ2) is 9.71. The molecule has 5 rings (SSSR count). The topological polar surface area (TPSA) is 103 Å². The third-order valence-electron chi connectivity index (χ3n) is 5.88. The lowest BCUT2D eigenvalue weighted by Gasteiger charge is -2.09. The largest absolute Gasteiger partial charge is 0.323 e. The molecule has 1 saturated carbocycles. The van der Waals surface area contributed by atoms with E-state index < -0.39 is 0 Å². The number of aromatic nitrogens is 6. The minimum absolute atomic E-state index is 0.240. The molecule has 3 aromatic heterocycles. The second-order valence-electron chi connectivity index (χ2n) is 8.61. The van der Waals surface area contributed by atoms with Crippen molar-refractivity contribution in [2.75, 3.05) is 10.6 Å². The van der Waals surface area contributed by atoms with Gasteiger partial charge in [-0.1, -0.05) is 30.3 Å². The Labute approximate surface area is 207 Å². The third-order valence-corrected chi connectivity index (χ3v) is 6.16. The molecule has 10 heteroatoms. The Kier molecular flexibility index (Phi) is 6.33. The van der Waals surface area contributed by atoms with Gasteiger partial charge in [0.05, 0.1) is 41.5 Å². The van der Waals surface area contributed by atoms with Crippen LogP contribution in [0.25, 0.3) is 11.3 Å². The number of rotatable bonds is 9. The van der Waals surface area contributed by atoms with Crippen molar-refractivity contribution < 1.29 is 4.79 Å². The lowest BCUT2D eigenvalue weighted by molar-refractivity contribution is -0.111. The summed E-state index contributed by atoms with van der Waals surface area (Å²) >= 11 is 6.47. The number of aryl methyl sites for hydroxylation is 1. The maximum atomic E-state index is 11.4. The summed E-state index contributed by atoms with van der Waals surface area (Å²) in [4.78, 5) is 20.5. The molecule has 0 radical (unpaired) electrons. The number of nitrogens with one attached hydrogen (secondary N) is 2. The van der Waals surface area contributed by atoms with Crippen molar-refractivity contribution in [2.45, 2.75) is 25.8 Å². The summed E-state index contributed by atoms with van der Waals surface area (Å²) in [6.45, 7) is 4.03. The van der Waals surface area contributed by atoms with Crippen molar-refractivity contribution >= 4 is 34.8 Å². The minimum atomic E-state index is -0.240. The van der Waals surface area contributed by atoms with Crippen LogP contribution in [0.2, 0.25) is 5.02 Å². The molecule has 0 unspecified atom stereocenters. The van der Waals surface area contributed by atoms with E-state index in [9.17, 15) is 4.79 Å². The van der Waals surface area contributed by atoms with Crippen molar-refractivity contribution in [3.8, 4) is 11.3 Å². The fraction of sp³-hybridized carbons (Fsp3) is 0.240. The summed E-state index contributed by atoms with van der Waals surface area (Å²) in [5, 5.41) is 15.3. The normalized spacial score (nSPS) is 13.0. The molecule has 1 amide bonds. The lowest BCUT2D eigenvalue weighted by atomic mass is 10.1. The van der Waals surface area contributed by atoms with Crippen LogP contribution < -0.4 is 10.6 Å². The van der Waals surface area contributed by atoms with Gasteiger partial charge < -0.3 is 10.6 Å². The molecule has 1 aromatic carbocycles. The van der Waals surface area contributed by atoms with Gasteiger partial charge in [-0.3, -0.25) is 14.2 Å². The molecule has 9 nitrogen and oxygen atoms in total. The highest BCUT2D eigenvalue weighted by molar-refractivity contribution is 6.33. The predicted octanol–water partition coefficient (Wildman–Crippen LogP) is 4.60. The SMILES string of the molecule is C=CC(=O)Nc1ccc(Cn2cc(Nc3ncc(Cl)c(-c4cnn(C)c4CC4CC4)n3)cn2)cc1. The molecule has 0 saturated heterocycles. The Morgan fingerprint density at radius 2 is 1.97 bits per heavy atom. The van der Waals surface area contributed by atoms with Gasteiger partial charge in [-0.2, -0.15) is 10.2 Å². The van der Waals surface area contributed by atoms with Crippen LogP contribution in [0, 0.1) is 5.92 Å². The van der Waals surface area contributed by atoms with Gasteiger partial charge in [0.2, 0.25) is 11.9 Å². The number of halogens is 1. The summed E-state index contributed by atoms with van der Waals surface area (Å²) in [6, 6.07) is 7.57. The molecular formula is C25H25ClN8O. The van der Waals surface area contributed by atoms with Crippen LogP contribution in [0.15, 0.2) is 61.7 Å². The molecule has 2 N–H and O–H groups in total. The van der Waals surface area contributed by atoms with E-state index in [2.05, 4.69) is 37.4 Å². The molecule has 0 spiro atoms. The van der Waals surface area contributed by atoms with E-state index in [1.54, 1.807) is 12.4 Å². The fourth-order valence-electron chi connectivity index (χ4n) is 3.83. The number of carbonyl (C=O) groups is 1. The summed E-state index contributed by atoms with van der Waals surface area (Å²) < 4.78 is 3.72. The first-order valence-electron chi connectivity index (χ1n) is 11.3. The summed E-state index contributed by atoms with van der Waals surface area (Å²) in [5.41, 5.74) is 5.27. The third kappa shape index (κ3) is 5.41. The number of hydrogen-bond acceptors (Lipinski definition) is 6. The van der Waals surface area contributed by atoms with Crippen molar-refractivity contribution in [1.29, 1.82) is 0 Å². The molecule has 35 heavy (non-hydrogen) atoms. The van der Waals surface area contributed by atoms with Gasteiger partial charge in [0, 0.05) is 30.2 Å². The first kappa shape index (κ1) is 22.8. The van der Waals surface area contributed by atoms with Gasteiger partial charge in [-0.15, -0.1) is 0 Å². The molecule has 1 aliphatic rings. The Morgan fingerprint density at radius 1 is 1.17 bits per heavy atom. The summed E-state index contributed by atoms with van der Waals surface area (Å²) in [7, 11) is 1.95. The van der Waals surface area contributed by atoms with Gasteiger partial charge in [0.15, 0.2) is 0 Å². The highest BCUT2D eigenvalue weighted by Gasteiger charge is 2.26. The van der Waals surface area contributed by atoms with E-state index >= 15 is 0 Å². The Balaban J connectivity index is 1.28. The van der Waals surface area contributed by atoms with Crippen LogP contribution in [0.1, 0.15) is 24.1 Å². The minimum Gasteiger partial charge on any atom is -0.323 e. The van der Waals surface area contributed by atoms with Crippen molar-refractivity contribution in [3.63, 3.8) is 0 Å². The molecular weight excluding hydrogens is 464 g/mol. The number of benzene rings is 1. The first-order chi connectivity index (χ1) is 17.0. The molecule has 1 fully saturated rings. The molecule has 178 valence electrons. The molecule has 0 aliphatic heterocycles. The standard InChI is InChI=1S/C25H25ClN8O/c1-3-23(35)30-18-8-6-17(7-9-18)14-34-15-19(11-29-34)31-25-27-13-21(26)24(32-25)20-12-28-33(2)22(20)10-16-4-5-16/h3,6-9,11-13,15-16H,1,4-5,10,14H2,2H3,(H,30,35)(H,27,31,32). The van der Waals surface area contributed by atoms with E-state index in [1.165, 1.54) is 18.9 Å². The number of nitrogens with zero attached hydrogens (tertiary/aromatic N) is 6.